The van der Waals surface area contributed by atoms with Crippen LogP contribution < -0.4 is 0 Å². The summed E-state index contributed by atoms with van der Waals surface area (Å²) in [5.41, 5.74) is 2.06. The highest BCUT2D eigenvalue weighted by atomic mass is 35.5. The van der Waals surface area contributed by atoms with Gasteiger partial charge in [0.05, 0.1) is 24.4 Å². The van der Waals surface area contributed by atoms with Gasteiger partial charge >= 0.3 is 0 Å². The van der Waals surface area contributed by atoms with Gasteiger partial charge in [0, 0.05) is 18.2 Å². The molecular formula is C14H13ClN2O. The first kappa shape index (κ1) is 12.7. The van der Waals surface area contributed by atoms with Gasteiger partial charge in [0.15, 0.2) is 0 Å². The highest BCUT2D eigenvalue weighted by molar-refractivity contribution is 6.30. The van der Waals surface area contributed by atoms with E-state index in [1.807, 2.05) is 24.3 Å². The standard InChI is InChI=1S/C14H13ClN2O/c15-14-9-16-17(11-14)10-13-6-3-5-12(8-13)4-1-2-7-18/h3,5-6,8-9,11,18H,2,7,10H2. The second-order valence-electron chi connectivity index (χ2n) is 3.83. The molecule has 0 saturated carbocycles. The van der Waals surface area contributed by atoms with Gasteiger partial charge < -0.3 is 5.11 Å². The van der Waals surface area contributed by atoms with E-state index in [1.165, 1.54) is 0 Å². The molecule has 0 atom stereocenters. The van der Waals surface area contributed by atoms with E-state index in [9.17, 15) is 0 Å². The second kappa shape index (κ2) is 6.25. The molecule has 0 amide bonds. The zero-order chi connectivity index (χ0) is 12.8. The van der Waals surface area contributed by atoms with E-state index >= 15 is 0 Å². The number of aromatic nitrogens is 2. The van der Waals surface area contributed by atoms with E-state index in [4.69, 9.17) is 16.7 Å². The summed E-state index contributed by atoms with van der Waals surface area (Å²) >= 11 is 5.81. The molecular weight excluding hydrogens is 248 g/mol. The lowest BCUT2D eigenvalue weighted by Crippen LogP contribution is -1.99. The van der Waals surface area contributed by atoms with Crippen LogP contribution in [0.1, 0.15) is 17.5 Å². The molecule has 0 fully saturated rings. The number of aliphatic hydroxyl groups is 1. The maximum absolute atomic E-state index is 8.67. The average Bonchev–Trinajstić information content (AvgIpc) is 2.76. The monoisotopic (exact) mass is 260 g/mol. The molecule has 92 valence electrons. The summed E-state index contributed by atoms with van der Waals surface area (Å²) in [6.07, 6.45) is 3.90. The fourth-order valence-electron chi connectivity index (χ4n) is 1.58. The molecule has 4 heteroatoms. The van der Waals surface area contributed by atoms with Crippen molar-refractivity contribution in [3.05, 3.63) is 52.8 Å². The van der Waals surface area contributed by atoms with Crippen LogP contribution >= 0.6 is 11.6 Å². The summed E-state index contributed by atoms with van der Waals surface area (Å²) in [6.45, 7) is 0.765. The largest absolute Gasteiger partial charge is 0.395 e. The summed E-state index contributed by atoms with van der Waals surface area (Å²) in [4.78, 5) is 0. The van der Waals surface area contributed by atoms with Crippen molar-refractivity contribution >= 4 is 11.6 Å². The van der Waals surface area contributed by atoms with Gasteiger partial charge in [-0.3, -0.25) is 4.68 Å². The van der Waals surface area contributed by atoms with E-state index < -0.39 is 0 Å². The highest BCUT2D eigenvalue weighted by Crippen LogP contribution is 2.09. The molecule has 0 radical (unpaired) electrons. The summed E-state index contributed by atoms with van der Waals surface area (Å²) in [7, 11) is 0. The molecule has 18 heavy (non-hydrogen) atoms. The maximum Gasteiger partial charge on any atom is 0.0785 e. The van der Waals surface area contributed by atoms with Crippen LogP contribution in [0.4, 0.5) is 0 Å². The molecule has 1 N–H and O–H groups in total. The smallest absolute Gasteiger partial charge is 0.0785 e. The minimum Gasteiger partial charge on any atom is -0.395 e. The lowest BCUT2D eigenvalue weighted by Gasteiger charge is -2.02. The van der Waals surface area contributed by atoms with Gasteiger partial charge in [-0.25, -0.2) is 0 Å². The molecule has 2 aromatic rings. The van der Waals surface area contributed by atoms with E-state index in [2.05, 4.69) is 16.9 Å². The van der Waals surface area contributed by atoms with Crippen molar-refractivity contribution in [2.24, 2.45) is 0 Å². The van der Waals surface area contributed by atoms with Gasteiger partial charge in [0.1, 0.15) is 0 Å². The highest BCUT2D eigenvalue weighted by Gasteiger charge is 1.98. The van der Waals surface area contributed by atoms with Crippen LogP contribution in [0.25, 0.3) is 0 Å². The molecule has 2 rings (SSSR count). The fourth-order valence-corrected chi connectivity index (χ4v) is 1.74. The van der Waals surface area contributed by atoms with Gasteiger partial charge in [-0.15, -0.1) is 0 Å². The average molecular weight is 261 g/mol. The molecule has 3 nitrogen and oxygen atoms in total. The van der Waals surface area contributed by atoms with Gasteiger partial charge in [-0.2, -0.15) is 5.10 Å². The normalized spacial score (nSPS) is 9.89. The van der Waals surface area contributed by atoms with Crippen LogP contribution in [-0.4, -0.2) is 21.5 Å². The molecule has 1 aromatic carbocycles. The molecule has 0 spiro atoms. The van der Waals surface area contributed by atoms with Gasteiger partial charge in [-0.1, -0.05) is 35.6 Å². The minimum atomic E-state index is 0.0957. The third kappa shape index (κ3) is 3.63. The molecule has 1 heterocycles. The van der Waals surface area contributed by atoms with Crippen molar-refractivity contribution in [2.75, 3.05) is 6.61 Å². The third-order valence-corrected chi connectivity index (χ3v) is 2.54. The predicted molar refractivity (Wildman–Crippen MR) is 71.4 cm³/mol. The van der Waals surface area contributed by atoms with Crippen LogP contribution in [0.2, 0.25) is 5.02 Å². The van der Waals surface area contributed by atoms with Crippen molar-refractivity contribution in [3.8, 4) is 11.8 Å². The number of hydrogen-bond donors (Lipinski definition) is 1. The van der Waals surface area contributed by atoms with E-state index in [0.29, 0.717) is 18.0 Å². The van der Waals surface area contributed by atoms with Gasteiger partial charge in [0.2, 0.25) is 0 Å². The van der Waals surface area contributed by atoms with E-state index in [0.717, 1.165) is 11.1 Å². The SMILES string of the molecule is OCCC#Cc1cccc(Cn2cc(Cl)cn2)c1. The first-order valence-electron chi connectivity index (χ1n) is 5.64. The number of hydrogen-bond acceptors (Lipinski definition) is 2. The number of rotatable bonds is 3. The Balaban J connectivity index is 2.10. The van der Waals surface area contributed by atoms with Crippen molar-refractivity contribution in [2.45, 2.75) is 13.0 Å². The third-order valence-electron chi connectivity index (χ3n) is 2.34. The molecule has 0 bridgehead atoms. The Morgan fingerprint density at radius 3 is 3.00 bits per heavy atom. The Morgan fingerprint density at radius 1 is 1.39 bits per heavy atom. The minimum absolute atomic E-state index is 0.0957. The molecule has 0 aliphatic carbocycles. The number of benzene rings is 1. The van der Waals surface area contributed by atoms with Crippen LogP contribution in [0.15, 0.2) is 36.7 Å². The summed E-state index contributed by atoms with van der Waals surface area (Å²) in [5, 5.41) is 13.4. The van der Waals surface area contributed by atoms with Gasteiger partial charge in [0.25, 0.3) is 0 Å². The Kier molecular flexibility index (Phi) is 4.40. The van der Waals surface area contributed by atoms with Crippen LogP contribution in [0, 0.1) is 11.8 Å². The molecule has 1 aromatic heterocycles. The Hall–Kier alpha value is -1.76. The van der Waals surface area contributed by atoms with Crippen molar-refractivity contribution in [1.82, 2.24) is 9.78 Å². The van der Waals surface area contributed by atoms with E-state index in [1.54, 1.807) is 17.1 Å². The molecule has 0 aliphatic rings. The maximum atomic E-state index is 8.67. The van der Waals surface area contributed by atoms with E-state index in [-0.39, 0.29) is 6.61 Å². The predicted octanol–water partition coefficient (Wildman–Crippen LogP) is 2.32. The Morgan fingerprint density at radius 2 is 2.28 bits per heavy atom. The lowest BCUT2D eigenvalue weighted by molar-refractivity contribution is 0.305. The summed E-state index contributed by atoms with van der Waals surface area (Å²) in [6, 6.07) is 7.94. The van der Waals surface area contributed by atoms with Crippen LogP contribution in [-0.2, 0) is 6.54 Å². The first-order chi connectivity index (χ1) is 8.78. The second-order valence-corrected chi connectivity index (χ2v) is 4.27. The lowest BCUT2D eigenvalue weighted by atomic mass is 10.1. The first-order valence-corrected chi connectivity index (χ1v) is 6.02. The summed E-state index contributed by atoms with van der Waals surface area (Å²) in [5.74, 6) is 5.91. The summed E-state index contributed by atoms with van der Waals surface area (Å²) < 4.78 is 1.78. The zero-order valence-corrected chi connectivity index (χ0v) is 10.6. The van der Waals surface area contributed by atoms with Crippen LogP contribution in [0.3, 0.4) is 0 Å². The zero-order valence-electron chi connectivity index (χ0n) is 9.81. The van der Waals surface area contributed by atoms with Crippen molar-refractivity contribution in [3.63, 3.8) is 0 Å². The number of aliphatic hydroxyl groups excluding tert-OH is 1. The Bertz CT molecular complexity index is 581. The fraction of sp³-hybridized carbons (Fsp3) is 0.214. The number of nitrogens with zero attached hydrogens (tertiary/aromatic N) is 2. The van der Waals surface area contributed by atoms with Crippen molar-refractivity contribution < 1.29 is 5.11 Å². The van der Waals surface area contributed by atoms with Gasteiger partial charge in [-0.05, 0) is 17.7 Å². The topological polar surface area (TPSA) is 38.0 Å². The van der Waals surface area contributed by atoms with Crippen LogP contribution in [0.5, 0.6) is 0 Å². The molecule has 0 saturated heterocycles. The number of halogens is 1. The quantitative estimate of drug-likeness (QED) is 0.860. The molecule has 0 aliphatic heterocycles. The Labute approximate surface area is 111 Å². The molecule has 0 unspecified atom stereocenters. The van der Waals surface area contributed by atoms with Crippen molar-refractivity contribution in [1.29, 1.82) is 0 Å².